The summed E-state index contributed by atoms with van der Waals surface area (Å²) in [6, 6.07) is 5.97. The van der Waals surface area contributed by atoms with Crippen LogP contribution in [0.3, 0.4) is 0 Å². The van der Waals surface area contributed by atoms with E-state index in [4.69, 9.17) is 0 Å². The van der Waals surface area contributed by atoms with Crippen molar-refractivity contribution in [2.24, 2.45) is 0 Å². The fourth-order valence-electron chi connectivity index (χ4n) is 2.28. The Hall–Kier alpha value is -0.870. The number of halogens is 1. The van der Waals surface area contributed by atoms with Crippen molar-refractivity contribution in [2.75, 3.05) is 27.2 Å². The number of carbonyl (C=O) groups excluding carboxylic acids is 1. The molecule has 0 spiro atoms. The van der Waals surface area contributed by atoms with Crippen molar-refractivity contribution in [1.82, 2.24) is 9.80 Å². The number of amides is 1. The summed E-state index contributed by atoms with van der Waals surface area (Å²) in [4.78, 5) is 16.7. The van der Waals surface area contributed by atoms with E-state index in [1.807, 2.05) is 51.0 Å². The van der Waals surface area contributed by atoms with Gasteiger partial charge in [0, 0.05) is 29.2 Å². The Balaban J connectivity index is 2.98. The van der Waals surface area contributed by atoms with E-state index in [1.165, 1.54) is 0 Å². The summed E-state index contributed by atoms with van der Waals surface area (Å²) in [6.45, 7) is 7.68. The Labute approximate surface area is 124 Å². The highest BCUT2D eigenvalue weighted by atomic mass is 79.9. The zero-order chi connectivity index (χ0) is 14.6. The van der Waals surface area contributed by atoms with Gasteiger partial charge in [-0.2, -0.15) is 0 Å². The molecule has 0 aliphatic heterocycles. The maximum Gasteiger partial charge on any atom is 0.254 e. The van der Waals surface area contributed by atoms with Crippen LogP contribution in [0.4, 0.5) is 0 Å². The fourth-order valence-corrected chi connectivity index (χ4v) is 2.64. The smallest absolute Gasteiger partial charge is 0.254 e. The van der Waals surface area contributed by atoms with E-state index in [0.29, 0.717) is 0 Å². The lowest BCUT2D eigenvalue weighted by atomic mass is 10.1. The predicted octanol–water partition coefficient (Wildman–Crippen LogP) is 3.17. The molecule has 1 aromatic rings. The standard InChI is InChI=1S/C15H23BrN2O/c1-6-18(11(2)10-17(4)5)15(19)13-8-7-9-14(16)12(13)3/h7-9,11H,6,10H2,1-5H3. The molecular formula is C15H23BrN2O. The normalized spacial score (nSPS) is 12.6. The first-order valence-electron chi connectivity index (χ1n) is 6.59. The molecule has 106 valence electrons. The Bertz CT molecular complexity index is 446. The van der Waals surface area contributed by atoms with Crippen LogP contribution in [0, 0.1) is 6.92 Å². The summed E-state index contributed by atoms with van der Waals surface area (Å²) in [6.07, 6.45) is 0. The number of nitrogens with zero attached hydrogens (tertiary/aromatic N) is 2. The zero-order valence-electron chi connectivity index (χ0n) is 12.4. The van der Waals surface area contributed by atoms with Gasteiger partial charge in [-0.15, -0.1) is 0 Å². The highest BCUT2D eigenvalue weighted by Crippen LogP contribution is 2.21. The lowest BCUT2D eigenvalue weighted by molar-refractivity contribution is 0.0678. The molecule has 0 fully saturated rings. The average molecular weight is 327 g/mol. The second-order valence-corrected chi connectivity index (χ2v) is 5.97. The van der Waals surface area contributed by atoms with E-state index in [0.717, 1.165) is 28.7 Å². The van der Waals surface area contributed by atoms with Gasteiger partial charge in [0.05, 0.1) is 0 Å². The molecule has 1 aromatic carbocycles. The van der Waals surface area contributed by atoms with Crippen molar-refractivity contribution in [3.05, 3.63) is 33.8 Å². The minimum Gasteiger partial charge on any atom is -0.335 e. The second kappa shape index (κ2) is 7.06. The van der Waals surface area contributed by atoms with Crippen LogP contribution in [0.5, 0.6) is 0 Å². The summed E-state index contributed by atoms with van der Waals surface area (Å²) < 4.78 is 0.981. The quantitative estimate of drug-likeness (QED) is 0.829. The Morgan fingerprint density at radius 1 is 1.37 bits per heavy atom. The van der Waals surface area contributed by atoms with Gasteiger partial charge in [0.25, 0.3) is 5.91 Å². The third-order valence-electron chi connectivity index (χ3n) is 3.26. The van der Waals surface area contributed by atoms with Gasteiger partial charge in [0.15, 0.2) is 0 Å². The summed E-state index contributed by atoms with van der Waals surface area (Å²) in [7, 11) is 4.05. The van der Waals surface area contributed by atoms with Gasteiger partial charge < -0.3 is 9.80 Å². The monoisotopic (exact) mass is 326 g/mol. The van der Waals surface area contributed by atoms with Crippen LogP contribution in [-0.2, 0) is 0 Å². The van der Waals surface area contributed by atoms with E-state index in [2.05, 4.69) is 27.8 Å². The Morgan fingerprint density at radius 2 is 2.00 bits per heavy atom. The number of benzene rings is 1. The van der Waals surface area contributed by atoms with Gasteiger partial charge in [-0.25, -0.2) is 0 Å². The van der Waals surface area contributed by atoms with Gasteiger partial charge in [0.2, 0.25) is 0 Å². The van der Waals surface area contributed by atoms with Gasteiger partial charge in [0.1, 0.15) is 0 Å². The Morgan fingerprint density at radius 3 is 2.53 bits per heavy atom. The minimum atomic E-state index is 0.107. The highest BCUT2D eigenvalue weighted by molar-refractivity contribution is 9.10. The summed E-state index contributed by atoms with van der Waals surface area (Å²) >= 11 is 3.48. The number of hydrogen-bond donors (Lipinski definition) is 0. The average Bonchev–Trinajstić information content (AvgIpc) is 2.32. The SMILES string of the molecule is CCN(C(=O)c1cccc(Br)c1C)C(C)CN(C)C. The van der Waals surface area contributed by atoms with E-state index >= 15 is 0 Å². The maximum atomic E-state index is 12.7. The van der Waals surface area contributed by atoms with E-state index in [9.17, 15) is 4.79 Å². The lowest BCUT2D eigenvalue weighted by Crippen LogP contribution is -2.43. The van der Waals surface area contributed by atoms with Crippen molar-refractivity contribution < 1.29 is 4.79 Å². The van der Waals surface area contributed by atoms with E-state index < -0.39 is 0 Å². The summed E-state index contributed by atoms with van der Waals surface area (Å²) in [5.74, 6) is 0.107. The Kier molecular flexibility index (Phi) is 6.01. The molecule has 0 bridgehead atoms. The molecule has 0 saturated carbocycles. The number of hydrogen-bond acceptors (Lipinski definition) is 2. The summed E-state index contributed by atoms with van der Waals surface area (Å²) in [5, 5.41) is 0. The first kappa shape index (κ1) is 16.2. The van der Waals surface area contributed by atoms with Crippen molar-refractivity contribution in [3.8, 4) is 0 Å². The van der Waals surface area contributed by atoms with Crippen molar-refractivity contribution in [1.29, 1.82) is 0 Å². The molecular weight excluding hydrogens is 304 g/mol. The number of likely N-dealkylation sites (N-methyl/N-ethyl adjacent to an activating group) is 2. The second-order valence-electron chi connectivity index (χ2n) is 5.11. The van der Waals surface area contributed by atoms with E-state index in [1.54, 1.807) is 0 Å². The van der Waals surface area contributed by atoms with Gasteiger partial charge in [-0.3, -0.25) is 4.79 Å². The molecule has 1 rings (SSSR count). The third-order valence-corrected chi connectivity index (χ3v) is 4.12. The first-order valence-corrected chi connectivity index (χ1v) is 7.38. The molecule has 1 amide bonds. The number of carbonyl (C=O) groups is 1. The van der Waals surface area contributed by atoms with Gasteiger partial charge in [-0.05, 0) is 52.6 Å². The van der Waals surface area contributed by atoms with Gasteiger partial charge in [-0.1, -0.05) is 22.0 Å². The molecule has 0 aromatic heterocycles. The number of rotatable bonds is 5. The first-order chi connectivity index (χ1) is 8.88. The van der Waals surface area contributed by atoms with Crippen LogP contribution in [0.2, 0.25) is 0 Å². The van der Waals surface area contributed by atoms with Crippen molar-refractivity contribution >= 4 is 21.8 Å². The van der Waals surface area contributed by atoms with Crippen LogP contribution in [0.15, 0.2) is 22.7 Å². The topological polar surface area (TPSA) is 23.6 Å². The lowest BCUT2D eigenvalue weighted by Gasteiger charge is -2.30. The van der Waals surface area contributed by atoms with E-state index in [-0.39, 0.29) is 11.9 Å². The minimum absolute atomic E-state index is 0.107. The van der Waals surface area contributed by atoms with Crippen LogP contribution in [0.1, 0.15) is 29.8 Å². The molecule has 0 aliphatic carbocycles. The van der Waals surface area contributed by atoms with Crippen LogP contribution in [-0.4, -0.2) is 48.9 Å². The molecule has 19 heavy (non-hydrogen) atoms. The molecule has 3 nitrogen and oxygen atoms in total. The van der Waals surface area contributed by atoms with Gasteiger partial charge >= 0.3 is 0 Å². The molecule has 0 radical (unpaired) electrons. The van der Waals surface area contributed by atoms with Crippen LogP contribution in [0.25, 0.3) is 0 Å². The van der Waals surface area contributed by atoms with Crippen LogP contribution >= 0.6 is 15.9 Å². The van der Waals surface area contributed by atoms with Crippen molar-refractivity contribution in [2.45, 2.75) is 26.8 Å². The molecule has 1 unspecified atom stereocenters. The maximum absolute atomic E-state index is 12.7. The molecule has 0 N–H and O–H groups in total. The molecule has 0 aliphatic rings. The fraction of sp³-hybridized carbons (Fsp3) is 0.533. The molecule has 0 heterocycles. The van der Waals surface area contributed by atoms with Crippen LogP contribution < -0.4 is 0 Å². The highest BCUT2D eigenvalue weighted by Gasteiger charge is 2.22. The molecule has 4 heteroatoms. The molecule has 0 saturated heterocycles. The largest absolute Gasteiger partial charge is 0.335 e. The zero-order valence-corrected chi connectivity index (χ0v) is 14.0. The third kappa shape index (κ3) is 4.05. The molecule has 1 atom stereocenters. The predicted molar refractivity (Wildman–Crippen MR) is 83.6 cm³/mol. The summed E-state index contributed by atoms with van der Waals surface area (Å²) in [5.41, 5.74) is 1.78. The van der Waals surface area contributed by atoms with Crippen molar-refractivity contribution in [3.63, 3.8) is 0 Å².